The van der Waals surface area contributed by atoms with Crippen LogP contribution in [0.5, 0.6) is 0 Å². The average molecular weight is 280 g/mol. The monoisotopic (exact) mass is 280 g/mol. The summed E-state index contributed by atoms with van der Waals surface area (Å²) in [6.07, 6.45) is 2.36. The lowest BCUT2D eigenvalue weighted by Gasteiger charge is -2.39. The minimum absolute atomic E-state index is 0.564. The van der Waals surface area contributed by atoms with Crippen LogP contribution < -0.4 is 5.32 Å². The molecule has 2 aliphatic heterocycles. The molecule has 2 aliphatic rings. The van der Waals surface area contributed by atoms with E-state index >= 15 is 0 Å². The number of ether oxygens (including phenoxy) is 1. The summed E-state index contributed by atoms with van der Waals surface area (Å²) < 4.78 is 5.68. The molecular weight excluding hydrogens is 256 g/mol. The van der Waals surface area contributed by atoms with E-state index < -0.39 is 0 Å². The van der Waals surface area contributed by atoms with Crippen molar-refractivity contribution in [1.82, 2.24) is 10.2 Å². The SMILES string of the molecule is CNC1CCOCC1CN1CCc2sccc2C1C. The van der Waals surface area contributed by atoms with Crippen LogP contribution in [0.2, 0.25) is 0 Å². The van der Waals surface area contributed by atoms with Crippen LogP contribution in [0.15, 0.2) is 11.4 Å². The van der Waals surface area contributed by atoms with Gasteiger partial charge in [0.05, 0.1) is 6.61 Å². The van der Waals surface area contributed by atoms with Gasteiger partial charge in [-0.05, 0) is 43.8 Å². The predicted octanol–water partition coefficient (Wildman–Crippen LogP) is 2.29. The number of rotatable bonds is 3. The zero-order valence-corrected chi connectivity index (χ0v) is 12.7. The maximum absolute atomic E-state index is 5.68. The Hall–Kier alpha value is -0.420. The Kier molecular flexibility index (Phi) is 4.22. The number of nitrogens with zero attached hydrogens (tertiary/aromatic N) is 1. The molecule has 19 heavy (non-hydrogen) atoms. The quantitative estimate of drug-likeness (QED) is 0.919. The van der Waals surface area contributed by atoms with Crippen molar-refractivity contribution in [3.8, 4) is 0 Å². The zero-order chi connectivity index (χ0) is 13.2. The summed E-state index contributed by atoms with van der Waals surface area (Å²) in [5, 5.41) is 5.71. The molecule has 3 nitrogen and oxygen atoms in total. The molecule has 0 aliphatic carbocycles. The first-order valence-electron chi connectivity index (χ1n) is 7.35. The van der Waals surface area contributed by atoms with Crippen molar-refractivity contribution < 1.29 is 4.74 Å². The molecule has 0 bridgehead atoms. The lowest BCUT2D eigenvalue weighted by molar-refractivity contribution is 0.0116. The highest BCUT2D eigenvalue weighted by Gasteiger charge is 2.31. The first-order valence-corrected chi connectivity index (χ1v) is 8.23. The fourth-order valence-electron chi connectivity index (χ4n) is 3.47. The third-order valence-electron chi connectivity index (χ3n) is 4.72. The van der Waals surface area contributed by atoms with Gasteiger partial charge in [0.25, 0.3) is 0 Å². The third-order valence-corrected chi connectivity index (χ3v) is 5.71. The molecule has 0 saturated carbocycles. The van der Waals surface area contributed by atoms with Crippen LogP contribution in [-0.2, 0) is 11.2 Å². The van der Waals surface area contributed by atoms with E-state index in [1.807, 2.05) is 11.3 Å². The number of thiophene rings is 1. The number of hydrogen-bond acceptors (Lipinski definition) is 4. The summed E-state index contributed by atoms with van der Waals surface area (Å²) in [5.41, 5.74) is 1.55. The molecule has 3 rings (SSSR count). The fourth-order valence-corrected chi connectivity index (χ4v) is 4.43. The highest BCUT2D eigenvalue weighted by atomic mass is 32.1. The molecular formula is C15H24N2OS. The molecule has 0 radical (unpaired) electrons. The van der Waals surface area contributed by atoms with Crippen LogP contribution in [0.1, 0.15) is 29.8 Å². The van der Waals surface area contributed by atoms with E-state index in [1.165, 1.54) is 13.0 Å². The highest BCUT2D eigenvalue weighted by molar-refractivity contribution is 7.10. The first kappa shape index (κ1) is 13.6. The Labute approximate surface area is 119 Å². The van der Waals surface area contributed by atoms with E-state index in [1.54, 1.807) is 10.4 Å². The maximum Gasteiger partial charge on any atom is 0.0521 e. The van der Waals surface area contributed by atoms with Crippen molar-refractivity contribution in [3.63, 3.8) is 0 Å². The molecule has 1 aromatic heterocycles. The predicted molar refractivity (Wildman–Crippen MR) is 79.8 cm³/mol. The number of nitrogens with one attached hydrogen (secondary N) is 1. The van der Waals surface area contributed by atoms with E-state index in [9.17, 15) is 0 Å². The van der Waals surface area contributed by atoms with Gasteiger partial charge in [0.2, 0.25) is 0 Å². The van der Waals surface area contributed by atoms with Crippen LogP contribution in [0, 0.1) is 5.92 Å². The van der Waals surface area contributed by atoms with E-state index in [-0.39, 0.29) is 0 Å². The Balaban J connectivity index is 1.67. The smallest absolute Gasteiger partial charge is 0.0521 e. The van der Waals surface area contributed by atoms with Crippen LogP contribution in [-0.4, -0.2) is 44.3 Å². The third kappa shape index (κ3) is 2.72. The summed E-state index contributed by atoms with van der Waals surface area (Å²) in [6, 6.07) is 3.49. The molecule has 1 N–H and O–H groups in total. The summed E-state index contributed by atoms with van der Waals surface area (Å²) in [5.74, 6) is 0.626. The van der Waals surface area contributed by atoms with Crippen molar-refractivity contribution in [2.75, 3.05) is 33.4 Å². The number of fused-ring (bicyclic) bond motifs is 1. The van der Waals surface area contributed by atoms with E-state index in [2.05, 4.69) is 35.6 Å². The van der Waals surface area contributed by atoms with Crippen LogP contribution in [0.3, 0.4) is 0 Å². The standard InChI is InChI=1S/C15H24N2OS/c1-11-13-5-8-19-15(13)3-6-17(11)9-12-10-18-7-4-14(12)16-2/h5,8,11-12,14,16H,3-4,6-7,9-10H2,1-2H3. The van der Waals surface area contributed by atoms with Crippen molar-refractivity contribution in [2.45, 2.75) is 31.8 Å². The van der Waals surface area contributed by atoms with Gasteiger partial charge in [0, 0.05) is 42.6 Å². The summed E-state index contributed by atoms with van der Waals surface area (Å²) in [4.78, 5) is 4.23. The minimum Gasteiger partial charge on any atom is -0.381 e. The zero-order valence-electron chi connectivity index (χ0n) is 11.9. The summed E-state index contributed by atoms with van der Waals surface area (Å²) in [6.45, 7) is 6.52. The van der Waals surface area contributed by atoms with Crippen molar-refractivity contribution in [2.24, 2.45) is 5.92 Å². The van der Waals surface area contributed by atoms with Gasteiger partial charge in [0.1, 0.15) is 0 Å². The van der Waals surface area contributed by atoms with Crippen LogP contribution >= 0.6 is 11.3 Å². The topological polar surface area (TPSA) is 24.5 Å². The van der Waals surface area contributed by atoms with Gasteiger partial charge in [-0.2, -0.15) is 0 Å². The summed E-state index contributed by atoms with van der Waals surface area (Å²) >= 11 is 1.92. The molecule has 1 aromatic rings. The Bertz CT molecular complexity index is 420. The van der Waals surface area contributed by atoms with Crippen molar-refractivity contribution >= 4 is 11.3 Å². The van der Waals surface area contributed by atoms with Crippen LogP contribution in [0.4, 0.5) is 0 Å². The molecule has 0 spiro atoms. The second-order valence-corrected chi connectivity index (χ2v) is 6.74. The molecule has 3 unspecified atom stereocenters. The minimum atomic E-state index is 0.564. The van der Waals surface area contributed by atoms with Crippen molar-refractivity contribution in [1.29, 1.82) is 0 Å². The number of hydrogen-bond donors (Lipinski definition) is 1. The summed E-state index contributed by atoms with van der Waals surface area (Å²) in [7, 11) is 2.08. The fraction of sp³-hybridized carbons (Fsp3) is 0.733. The molecule has 4 heteroatoms. The van der Waals surface area contributed by atoms with E-state index in [4.69, 9.17) is 4.74 Å². The highest BCUT2D eigenvalue weighted by Crippen LogP contribution is 2.33. The Morgan fingerprint density at radius 2 is 2.42 bits per heavy atom. The molecule has 3 heterocycles. The van der Waals surface area contributed by atoms with Crippen molar-refractivity contribution in [3.05, 3.63) is 21.9 Å². The van der Waals surface area contributed by atoms with E-state index in [0.717, 1.165) is 26.2 Å². The van der Waals surface area contributed by atoms with Gasteiger partial charge >= 0.3 is 0 Å². The van der Waals surface area contributed by atoms with E-state index in [0.29, 0.717) is 18.0 Å². The van der Waals surface area contributed by atoms with Gasteiger partial charge in [0.15, 0.2) is 0 Å². The molecule has 1 saturated heterocycles. The van der Waals surface area contributed by atoms with Gasteiger partial charge < -0.3 is 10.1 Å². The molecule has 3 atom stereocenters. The van der Waals surface area contributed by atoms with Crippen LogP contribution in [0.25, 0.3) is 0 Å². The lowest BCUT2D eigenvalue weighted by atomic mass is 9.93. The first-order chi connectivity index (χ1) is 9.29. The Morgan fingerprint density at radius 1 is 1.53 bits per heavy atom. The van der Waals surface area contributed by atoms with Gasteiger partial charge in [-0.3, -0.25) is 4.90 Å². The normalized spacial score (nSPS) is 32.2. The maximum atomic E-state index is 5.68. The molecule has 1 fully saturated rings. The Morgan fingerprint density at radius 3 is 3.26 bits per heavy atom. The molecule has 0 aromatic carbocycles. The van der Waals surface area contributed by atoms with Gasteiger partial charge in [-0.25, -0.2) is 0 Å². The molecule has 0 amide bonds. The second-order valence-electron chi connectivity index (χ2n) is 5.74. The van der Waals surface area contributed by atoms with Gasteiger partial charge in [-0.1, -0.05) is 0 Å². The van der Waals surface area contributed by atoms with Gasteiger partial charge in [-0.15, -0.1) is 11.3 Å². The lowest BCUT2D eigenvalue weighted by Crippen LogP contribution is -2.48. The molecule has 106 valence electrons. The largest absolute Gasteiger partial charge is 0.381 e. The second kappa shape index (κ2) is 5.92. The average Bonchev–Trinajstić information content (AvgIpc) is 2.92.